The van der Waals surface area contributed by atoms with Gasteiger partial charge in [-0.2, -0.15) is 0 Å². The summed E-state index contributed by atoms with van der Waals surface area (Å²) in [6.45, 7) is 6.10. The molecule has 6 nitrogen and oxygen atoms in total. The molecule has 1 unspecified atom stereocenters. The molecule has 7 heteroatoms. The van der Waals surface area contributed by atoms with E-state index in [1.54, 1.807) is 42.7 Å². The lowest BCUT2D eigenvalue weighted by molar-refractivity contribution is -0.140. The molecule has 0 aliphatic carbocycles. The zero-order valence-electron chi connectivity index (χ0n) is 19.1. The molecular weight excluding hydrogens is 450 g/mol. The lowest BCUT2D eigenvalue weighted by Gasteiger charge is -2.26. The van der Waals surface area contributed by atoms with Crippen LogP contribution < -0.4 is 4.90 Å². The van der Waals surface area contributed by atoms with Gasteiger partial charge in [0, 0.05) is 48.3 Å². The number of rotatable bonds is 7. The van der Waals surface area contributed by atoms with Crippen LogP contribution in [0.4, 0.5) is 5.69 Å². The summed E-state index contributed by atoms with van der Waals surface area (Å²) in [4.78, 5) is 34.2. The van der Waals surface area contributed by atoms with Crippen LogP contribution in [0.25, 0.3) is 5.76 Å². The van der Waals surface area contributed by atoms with Crippen LogP contribution >= 0.6 is 11.6 Å². The van der Waals surface area contributed by atoms with E-state index in [1.807, 2.05) is 30.3 Å². The first-order chi connectivity index (χ1) is 16.4. The van der Waals surface area contributed by atoms with Crippen LogP contribution in [0.15, 0.2) is 78.6 Å². The highest BCUT2D eigenvalue weighted by Gasteiger charge is 2.46. The van der Waals surface area contributed by atoms with Crippen molar-refractivity contribution in [2.75, 3.05) is 18.0 Å². The van der Waals surface area contributed by atoms with E-state index in [1.165, 1.54) is 4.90 Å². The highest BCUT2D eigenvalue weighted by Crippen LogP contribution is 2.40. The van der Waals surface area contributed by atoms with Gasteiger partial charge in [-0.25, -0.2) is 0 Å². The largest absolute Gasteiger partial charge is 0.507 e. The minimum absolute atomic E-state index is 0.0479. The van der Waals surface area contributed by atoms with E-state index in [0.717, 1.165) is 29.9 Å². The molecule has 0 bridgehead atoms. The Kier molecular flexibility index (Phi) is 6.98. The normalized spacial score (nSPS) is 17.3. The maximum atomic E-state index is 13.2. The third kappa shape index (κ3) is 4.54. The molecule has 3 aromatic rings. The van der Waals surface area contributed by atoms with Gasteiger partial charge in [0.1, 0.15) is 5.76 Å². The Morgan fingerprint density at radius 2 is 1.79 bits per heavy atom. The zero-order valence-corrected chi connectivity index (χ0v) is 19.9. The first-order valence-corrected chi connectivity index (χ1v) is 11.6. The van der Waals surface area contributed by atoms with Crippen LogP contribution in [0.3, 0.4) is 0 Å². The fraction of sp³-hybridized carbons (Fsp3) is 0.222. The molecule has 4 rings (SSSR count). The molecule has 2 heterocycles. The number of hydrogen-bond acceptors (Lipinski definition) is 5. The summed E-state index contributed by atoms with van der Waals surface area (Å²) in [6, 6.07) is 17.3. The number of likely N-dealkylation sites (tertiary alicyclic amines) is 1. The Morgan fingerprint density at radius 1 is 1.06 bits per heavy atom. The molecule has 1 N–H and O–H groups in total. The van der Waals surface area contributed by atoms with Crippen molar-refractivity contribution in [1.82, 2.24) is 9.88 Å². The molecule has 1 fully saturated rings. The topological polar surface area (TPSA) is 73.7 Å². The quantitative estimate of drug-likeness (QED) is 0.289. The first-order valence-electron chi connectivity index (χ1n) is 11.2. The molecule has 34 heavy (non-hydrogen) atoms. The summed E-state index contributed by atoms with van der Waals surface area (Å²) in [5.41, 5.74) is 3.01. The molecule has 0 spiro atoms. The molecule has 1 aliphatic heterocycles. The summed E-state index contributed by atoms with van der Waals surface area (Å²) in [6.07, 6.45) is 3.32. The van der Waals surface area contributed by atoms with Gasteiger partial charge in [-0.15, -0.1) is 0 Å². The van der Waals surface area contributed by atoms with E-state index < -0.39 is 17.7 Å². The highest BCUT2D eigenvalue weighted by molar-refractivity contribution is 6.46. The van der Waals surface area contributed by atoms with Gasteiger partial charge in [0.2, 0.25) is 0 Å². The van der Waals surface area contributed by atoms with E-state index in [4.69, 9.17) is 11.6 Å². The summed E-state index contributed by atoms with van der Waals surface area (Å²) in [5.74, 6) is -1.63. The third-order valence-corrected chi connectivity index (χ3v) is 6.29. The van der Waals surface area contributed by atoms with Crippen molar-refractivity contribution >= 4 is 34.7 Å². The van der Waals surface area contributed by atoms with Crippen LogP contribution in [0.2, 0.25) is 5.02 Å². The number of aromatic nitrogens is 1. The van der Waals surface area contributed by atoms with E-state index in [0.29, 0.717) is 10.6 Å². The lowest BCUT2D eigenvalue weighted by Crippen LogP contribution is -2.29. The summed E-state index contributed by atoms with van der Waals surface area (Å²) < 4.78 is 0. The number of pyridine rings is 1. The molecule has 0 radical (unpaired) electrons. The van der Waals surface area contributed by atoms with E-state index >= 15 is 0 Å². The molecule has 1 saturated heterocycles. The van der Waals surface area contributed by atoms with Gasteiger partial charge in [0.15, 0.2) is 0 Å². The number of benzene rings is 2. The van der Waals surface area contributed by atoms with Crippen LogP contribution in [-0.2, 0) is 16.1 Å². The Labute approximate surface area is 204 Å². The van der Waals surface area contributed by atoms with Crippen molar-refractivity contribution in [3.63, 3.8) is 0 Å². The minimum atomic E-state index is -0.745. The van der Waals surface area contributed by atoms with Crippen molar-refractivity contribution in [2.24, 2.45) is 0 Å². The average molecular weight is 476 g/mol. The van der Waals surface area contributed by atoms with Crippen LogP contribution in [-0.4, -0.2) is 39.8 Å². The number of aliphatic hydroxyl groups excluding tert-OH is 1. The van der Waals surface area contributed by atoms with Gasteiger partial charge >= 0.3 is 0 Å². The smallest absolute Gasteiger partial charge is 0.295 e. The fourth-order valence-electron chi connectivity index (χ4n) is 4.33. The summed E-state index contributed by atoms with van der Waals surface area (Å²) in [7, 11) is 0. The third-order valence-electron chi connectivity index (χ3n) is 6.05. The van der Waals surface area contributed by atoms with E-state index in [9.17, 15) is 14.7 Å². The van der Waals surface area contributed by atoms with Crippen LogP contribution in [0, 0.1) is 0 Å². The zero-order chi connectivity index (χ0) is 24.2. The maximum absolute atomic E-state index is 13.2. The van der Waals surface area contributed by atoms with Crippen LogP contribution in [0.1, 0.15) is 36.6 Å². The predicted molar refractivity (Wildman–Crippen MR) is 134 cm³/mol. The number of anilines is 1. The van der Waals surface area contributed by atoms with Crippen LogP contribution in [0.5, 0.6) is 0 Å². The summed E-state index contributed by atoms with van der Waals surface area (Å²) in [5, 5.41) is 11.6. The second-order valence-electron chi connectivity index (χ2n) is 8.06. The molecule has 1 aliphatic rings. The molecule has 174 valence electrons. The number of hydrogen-bond donors (Lipinski definition) is 1. The number of ketones is 1. The predicted octanol–water partition coefficient (Wildman–Crippen LogP) is 5.20. The molecule has 2 aromatic carbocycles. The number of carbonyl (C=O) groups excluding carboxylic acids is 2. The van der Waals surface area contributed by atoms with Gasteiger partial charge in [0.25, 0.3) is 11.7 Å². The molecule has 1 atom stereocenters. The van der Waals surface area contributed by atoms with Crippen molar-refractivity contribution in [1.29, 1.82) is 0 Å². The van der Waals surface area contributed by atoms with Gasteiger partial charge in [-0.1, -0.05) is 41.9 Å². The monoisotopic (exact) mass is 475 g/mol. The number of nitrogens with zero attached hydrogens (tertiary/aromatic N) is 3. The van der Waals surface area contributed by atoms with Crippen molar-refractivity contribution < 1.29 is 14.7 Å². The Bertz CT molecular complexity index is 1220. The number of aliphatic hydroxyl groups is 1. The molecule has 1 aromatic heterocycles. The van der Waals surface area contributed by atoms with Gasteiger partial charge in [-0.05, 0) is 55.3 Å². The number of halogens is 1. The van der Waals surface area contributed by atoms with E-state index in [-0.39, 0.29) is 17.9 Å². The second-order valence-corrected chi connectivity index (χ2v) is 8.50. The second kappa shape index (κ2) is 10.1. The Morgan fingerprint density at radius 3 is 2.41 bits per heavy atom. The SMILES string of the molecule is CCN(CC)c1ccc(C2/C(=C(/O)c3cccc(Cl)c3)C(=O)C(=O)N2Cc2cccnc2)cc1. The molecule has 0 saturated carbocycles. The average Bonchev–Trinajstić information content (AvgIpc) is 3.10. The Hall–Kier alpha value is -3.64. The van der Waals surface area contributed by atoms with E-state index in [2.05, 4.69) is 23.7 Å². The fourth-order valence-corrected chi connectivity index (χ4v) is 4.52. The van der Waals surface area contributed by atoms with Gasteiger partial charge in [-0.3, -0.25) is 14.6 Å². The van der Waals surface area contributed by atoms with Crippen molar-refractivity contribution in [3.05, 3.63) is 100 Å². The minimum Gasteiger partial charge on any atom is -0.507 e. The first kappa shape index (κ1) is 23.5. The van der Waals surface area contributed by atoms with Gasteiger partial charge < -0.3 is 14.9 Å². The molecular formula is C27H26ClN3O3. The Balaban J connectivity index is 1.83. The summed E-state index contributed by atoms with van der Waals surface area (Å²) >= 11 is 6.12. The van der Waals surface area contributed by atoms with Crippen molar-refractivity contribution in [3.8, 4) is 0 Å². The number of Topliss-reactive ketones (excluding diaryl/α,β-unsaturated/α-hetero) is 1. The number of amides is 1. The lowest BCUT2D eigenvalue weighted by atomic mass is 9.95. The number of carbonyl (C=O) groups is 2. The molecule has 1 amide bonds. The van der Waals surface area contributed by atoms with Gasteiger partial charge in [0.05, 0.1) is 11.6 Å². The maximum Gasteiger partial charge on any atom is 0.295 e. The highest BCUT2D eigenvalue weighted by atomic mass is 35.5. The van der Waals surface area contributed by atoms with Crippen molar-refractivity contribution in [2.45, 2.75) is 26.4 Å². The standard InChI is InChI=1S/C27H26ClN3O3/c1-3-30(4-2)22-12-10-19(11-13-22)24-23(25(32)20-8-5-9-21(28)15-20)26(33)27(34)31(24)17-18-7-6-14-29-16-18/h5-16,24,32H,3-4,17H2,1-2H3/b25-23-.